The number of aromatic nitrogens is 9. The van der Waals surface area contributed by atoms with Crippen LogP contribution in [0.2, 0.25) is 0 Å². The van der Waals surface area contributed by atoms with Gasteiger partial charge in [0.2, 0.25) is 41.6 Å². The molecule has 0 atom stereocenters. The van der Waals surface area contributed by atoms with Gasteiger partial charge in [-0.2, -0.15) is 44.9 Å². The fraction of sp³-hybridized carbons (Fsp3) is 0.0625. The summed E-state index contributed by atoms with van der Waals surface area (Å²) in [5.74, 6) is 1.77. The molecular weight excluding hydrogens is 416 g/mol. The Morgan fingerprint density at radius 1 is 0.438 bits per heavy atom. The molecule has 0 aliphatic rings. The van der Waals surface area contributed by atoms with Gasteiger partial charge in [-0.05, 0) is 6.92 Å². The molecule has 4 rings (SSSR count). The fourth-order valence-corrected chi connectivity index (χ4v) is 2.08. The van der Waals surface area contributed by atoms with Gasteiger partial charge in [-0.3, -0.25) is 0 Å². The standard InChI is InChI=1S/C9H9N5.C4H7N5.C3H6N6/c10-8-12-7(13-9(11)14-8)6-4-2-1-3-5-6;1-2-7-3(5)9-4(6)8-2;4-1-7-2(5)9-3(6)8-1/h1-5H,(H4,10,11,12,13,14);1H3,(H4,5,6,7,8,9);(H6,4,5,6,7,8,9). The minimum atomic E-state index is 0.0417. The number of nitrogens with zero attached hydrogens (tertiary/aromatic N) is 9. The third-order valence-corrected chi connectivity index (χ3v) is 3.17. The summed E-state index contributed by atoms with van der Waals surface area (Å²) >= 11 is 0. The molecule has 14 N–H and O–H groups in total. The molecule has 0 amide bonds. The van der Waals surface area contributed by atoms with Crippen LogP contribution < -0.4 is 40.1 Å². The Labute approximate surface area is 181 Å². The van der Waals surface area contributed by atoms with Gasteiger partial charge in [0.1, 0.15) is 5.82 Å². The average molecular weight is 438 g/mol. The molecule has 0 unspecified atom stereocenters. The van der Waals surface area contributed by atoms with Crippen molar-refractivity contribution < 1.29 is 0 Å². The predicted octanol–water partition coefficient (Wildman–Crippen LogP) is -1.33. The van der Waals surface area contributed by atoms with E-state index in [2.05, 4.69) is 44.9 Å². The van der Waals surface area contributed by atoms with E-state index >= 15 is 0 Å². The fourth-order valence-electron chi connectivity index (χ4n) is 2.08. The first-order valence-electron chi connectivity index (χ1n) is 8.71. The van der Waals surface area contributed by atoms with Crippen LogP contribution in [-0.4, -0.2) is 44.9 Å². The van der Waals surface area contributed by atoms with E-state index in [-0.39, 0.29) is 41.6 Å². The van der Waals surface area contributed by atoms with Crippen LogP contribution in [0.4, 0.5) is 41.6 Å². The zero-order chi connectivity index (χ0) is 23.7. The van der Waals surface area contributed by atoms with Gasteiger partial charge in [0.25, 0.3) is 0 Å². The van der Waals surface area contributed by atoms with Crippen LogP contribution in [0, 0.1) is 6.92 Å². The second-order valence-electron chi connectivity index (χ2n) is 5.75. The van der Waals surface area contributed by atoms with Crippen molar-refractivity contribution in [3.05, 3.63) is 36.2 Å². The maximum atomic E-state index is 5.45. The molecule has 0 aliphatic heterocycles. The van der Waals surface area contributed by atoms with Crippen molar-refractivity contribution in [2.75, 3.05) is 40.1 Å². The molecule has 0 saturated carbocycles. The summed E-state index contributed by atoms with van der Waals surface area (Å²) in [4.78, 5) is 33.1. The smallest absolute Gasteiger partial charge is 0.226 e. The van der Waals surface area contributed by atoms with Crippen LogP contribution in [0.25, 0.3) is 11.4 Å². The zero-order valence-electron chi connectivity index (χ0n) is 17.0. The molecule has 3 aromatic heterocycles. The van der Waals surface area contributed by atoms with Crippen molar-refractivity contribution in [1.29, 1.82) is 0 Å². The number of rotatable bonds is 1. The van der Waals surface area contributed by atoms with Crippen LogP contribution in [0.1, 0.15) is 5.82 Å². The lowest BCUT2D eigenvalue weighted by atomic mass is 10.2. The number of benzene rings is 1. The number of hydrogen-bond donors (Lipinski definition) is 7. The van der Waals surface area contributed by atoms with Crippen LogP contribution in [0.3, 0.4) is 0 Å². The molecule has 3 heterocycles. The summed E-state index contributed by atoms with van der Waals surface area (Å²) in [7, 11) is 0. The predicted molar refractivity (Wildman–Crippen MR) is 121 cm³/mol. The second-order valence-corrected chi connectivity index (χ2v) is 5.75. The first-order chi connectivity index (χ1) is 15.1. The van der Waals surface area contributed by atoms with E-state index in [4.69, 9.17) is 40.1 Å². The Bertz CT molecular complexity index is 995. The van der Waals surface area contributed by atoms with Crippen LogP contribution >= 0.6 is 0 Å². The first kappa shape index (κ1) is 23.1. The van der Waals surface area contributed by atoms with Crippen molar-refractivity contribution in [2.45, 2.75) is 6.92 Å². The Morgan fingerprint density at radius 3 is 1.09 bits per heavy atom. The summed E-state index contributed by atoms with van der Waals surface area (Å²) in [6.07, 6.45) is 0. The summed E-state index contributed by atoms with van der Waals surface area (Å²) in [5, 5.41) is 0. The van der Waals surface area contributed by atoms with E-state index in [1.54, 1.807) is 6.92 Å². The quantitative estimate of drug-likeness (QED) is 0.181. The molecule has 16 nitrogen and oxygen atoms in total. The van der Waals surface area contributed by atoms with Crippen molar-refractivity contribution in [2.24, 2.45) is 0 Å². The van der Waals surface area contributed by atoms with Crippen molar-refractivity contribution in [3.63, 3.8) is 0 Å². The van der Waals surface area contributed by atoms with E-state index < -0.39 is 0 Å². The molecule has 0 saturated heterocycles. The Morgan fingerprint density at radius 2 is 0.750 bits per heavy atom. The molecule has 0 spiro atoms. The lowest BCUT2D eigenvalue weighted by Gasteiger charge is -2.00. The van der Waals surface area contributed by atoms with Gasteiger partial charge in [-0.15, -0.1) is 0 Å². The number of nitrogen functional groups attached to an aromatic ring is 7. The number of hydrogen-bond acceptors (Lipinski definition) is 16. The molecule has 4 aromatic rings. The van der Waals surface area contributed by atoms with E-state index in [0.717, 1.165) is 5.56 Å². The van der Waals surface area contributed by atoms with E-state index in [0.29, 0.717) is 11.6 Å². The van der Waals surface area contributed by atoms with Gasteiger partial charge in [-0.1, -0.05) is 30.3 Å². The largest absolute Gasteiger partial charge is 0.368 e. The van der Waals surface area contributed by atoms with Gasteiger partial charge in [0, 0.05) is 5.56 Å². The molecule has 1 aromatic carbocycles. The first-order valence-corrected chi connectivity index (χ1v) is 8.71. The maximum absolute atomic E-state index is 5.45. The van der Waals surface area contributed by atoms with Crippen LogP contribution in [-0.2, 0) is 0 Å². The molecular formula is C16H22N16. The highest BCUT2D eigenvalue weighted by Gasteiger charge is 2.03. The normalized spacial score (nSPS) is 9.66. The molecule has 166 valence electrons. The molecule has 16 heteroatoms. The highest BCUT2D eigenvalue weighted by molar-refractivity contribution is 5.56. The van der Waals surface area contributed by atoms with E-state index in [1.807, 2.05) is 30.3 Å². The number of anilines is 7. The summed E-state index contributed by atoms with van der Waals surface area (Å²) < 4.78 is 0. The van der Waals surface area contributed by atoms with Gasteiger partial charge in [0.05, 0.1) is 0 Å². The lowest BCUT2D eigenvalue weighted by Crippen LogP contribution is -2.05. The van der Waals surface area contributed by atoms with Gasteiger partial charge in [-0.25, -0.2) is 0 Å². The Hall–Kier alpha value is -5.15. The summed E-state index contributed by atoms with van der Waals surface area (Å²) in [6, 6.07) is 9.47. The summed E-state index contributed by atoms with van der Waals surface area (Å²) in [5.41, 5.74) is 37.6. The van der Waals surface area contributed by atoms with Crippen molar-refractivity contribution in [1.82, 2.24) is 44.9 Å². The van der Waals surface area contributed by atoms with Gasteiger partial charge < -0.3 is 40.1 Å². The van der Waals surface area contributed by atoms with Crippen LogP contribution in [0.5, 0.6) is 0 Å². The van der Waals surface area contributed by atoms with Crippen molar-refractivity contribution in [3.8, 4) is 11.4 Å². The van der Waals surface area contributed by atoms with E-state index in [9.17, 15) is 0 Å². The Balaban J connectivity index is 0.000000178. The monoisotopic (exact) mass is 438 g/mol. The molecule has 0 fully saturated rings. The number of nitrogens with two attached hydrogens (primary N) is 7. The molecule has 0 bridgehead atoms. The average Bonchev–Trinajstić information content (AvgIpc) is 2.67. The second kappa shape index (κ2) is 10.6. The molecule has 0 aliphatic carbocycles. The molecule has 0 radical (unpaired) electrons. The van der Waals surface area contributed by atoms with Crippen LogP contribution in [0.15, 0.2) is 30.3 Å². The highest BCUT2D eigenvalue weighted by Crippen LogP contribution is 2.14. The minimum absolute atomic E-state index is 0.0417. The third kappa shape index (κ3) is 7.70. The minimum Gasteiger partial charge on any atom is -0.368 e. The Kier molecular flexibility index (Phi) is 7.65. The maximum Gasteiger partial charge on any atom is 0.226 e. The number of aryl methyl sites for hydroxylation is 1. The van der Waals surface area contributed by atoms with Gasteiger partial charge in [0.15, 0.2) is 5.82 Å². The third-order valence-electron chi connectivity index (χ3n) is 3.17. The lowest BCUT2D eigenvalue weighted by molar-refractivity contribution is 1.00. The highest BCUT2D eigenvalue weighted by atomic mass is 15.2. The topological polar surface area (TPSA) is 298 Å². The summed E-state index contributed by atoms with van der Waals surface area (Å²) in [6.45, 7) is 1.70. The van der Waals surface area contributed by atoms with E-state index in [1.165, 1.54) is 0 Å². The SMILES string of the molecule is Cc1nc(N)nc(N)n1.Nc1nc(N)nc(-c2ccccc2)n1.Nc1nc(N)nc(N)n1. The molecule has 32 heavy (non-hydrogen) atoms. The van der Waals surface area contributed by atoms with Gasteiger partial charge >= 0.3 is 0 Å². The van der Waals surface area contributed by atoms with Crippen molar-refractivity contribution >= 4 is 41.6 Å². The zero-order valence-corrected chi connectivity index (χ0v) is 17.0.